The standard InChI is InChI=1S/C14H17ClN2O3S/c15-11-1-3-12(4-2-11)17(8-13(18)19)14(20)16-7-10-5-6-21-9-10/h1-4,10H,5-9H2,(H,16,20)(H,18,19). The highest BCUT2D eigenvalue weighted by molar-refractivity contribution is 7.99. The molecule has 1 atom stereocenters. The van der Waals surface area contributed by atoms with E-state index in [0.29, 0.717) is 23.2 Å². The lowest BCUT2D eigenvalue weighted by Crippen LogP contribution is -2.44. The molecule has 2 N–H and O–H groups in total. The van der Waals surface area contributed by atoms with Crippen LogP contribution in [0.4, 0.5) is 10.5 Å². The quantitative estimate of drug-likeness (QED) is 0.872. The number of aliphatic carboxylic acids is 1. The highest BCUT2D eigenvalue weighted by atomic mass is 35.5. The number of hydrogen-bond acceptors (Lipinski definition) is 3. The molecule has 0 spiro atoms. The Kier molecular flexibility index (Phi) is 5.76. The third kappa shape index (κ3) is 4.82. The van der Waals surface area contributed by atoms with Crippen molar-refractivity contribution in [2.45, 2.75) is 6.42 Å². The van der Waals surface area contributed by atoms with Crippen molar-refractivity contribution in [3.05, 3.63) is 29.3 Å². The lowest BCUT2D eigenvalue weighted by atomic mass is 10.1. The van der Waals surface area contributed by atoms with Crippen LogP contribution in [-0.4, -0.2) is 41.7 Å². The molecule has 1 aromatic carbocycles. The van der Waals surface area contributed by atoms with Crippen molar-refractivity contribution in [3.63, 3.8) is 0 Å². The van der Waals surface area contributed by atoms with Crippen LogP contribution in [0.5, 0.6) is 0 Å². The van der Waals surface area contributed by atoms with Crippen LogP contribution in [0.25, 0.3) is 0 Å². The number of carboxylic acid groups (broad SMARTS) is 1. The fourth-order valence-corrected chi connectivity index (χ4v) is 3.52. The summed E-state index contributed by atoms with van der Waals surface area (Å²) < 4.78 is 0. The van der Waals surface area contributed by atoms with Gasteiger partial charge in [0.05, 0.1) is 0 Å². The van der Waals surface area contributed by atoms with Gasteiger partial charge in [-0.15, -0.1) is 0 Å². The van der Waals surface area contributed by atoms with E-state index in [1.807, 2.05) is 11.8 Å². The molecule has 0 aliphatic carbocycles. The van der Waals surface area contributed by atoms with Crippen molar-refractivity contribution in [2.75, 3.05) is 29.5 Å². The molecular formula is C14H17ClN2O3S. The van der Waals surface area contributed by atoms with Crippen molar-refractivity contribution in [1.82, 2.24) is 5.32 Å². The van der Waals surface area contributed by atoms with Gasteiger partial charge in [0.1, 0.15) is 6.54 Å². The zero-order valence-electron chi connectivity index (χ0n) is 11.4. The van der Waals surface area contributed by atoms with Crippen LogP contribution in [0.2, 0.25) is 5.02 Å². The minimum absolute atomic E-state index is 0.382. The Hall–Kier alpha value is -1.40. The number of carboxylic acids is 1. The summed E-state index contributed by atoms with van der Waals surface area (Å²) in [5, 5.41) is 12.3. The van der Waals surface area contributed by atoms with Gasteiger partial charge in [0.2, 0.25) is 0 Å². The third-order valence-electron chi connectivity index (χ3n) is 3.24. The van der Waals surface area contributed by atoms with Crippen LogP contribution in [0, 0.1) is 5.92 Å². The van der Waals surface area contributed by atoms with Crippen LogP contribution >= 0.6 is 23.4 Å². The zero-order chi connectivity index (χ0) is 15.2. The number of benzene rings is 1. The second-order valence-corrected chi connectivity index (χ2v) is 6.46. The maximum Gasteiger partial charge on any atom is 0.323 e. The van der Waals surface area contributed by atoms with E-state index in [4.69, 9.17) is 16.7 Å². The molecule has 1 aliphatic rings. The number of carbonyl (C=O) groups is 2. The number of anilines is 1. The van der Waals surface area contributed by atoms with Crippen molar-refractivity contribution >= 4 is 41.1 Å². The zero-order valence-corrected chi connectivity index (χ0v) is 13.0. The van der Waals surface area contributed by atoms with Gasteiger partial charge >= 0.3 is 12.0 Å². The molecule has 0 radical (unpaired) electrons. The van der Waals surface area contributed by atoms with Crippen molar-refractivity contribution in [2.24, 2.45) is 5.92 Å². The Morgan fingerprint density at radius 3 is 2.67 bits per heavy atom. The molecule has 1 saturated heterocycles. The van der Waals surface area contributed by atoms with Gasteiger partial charge in [0.15, 0.2) is 0 Å². The summed E-state index contributed by atoms with van der Waals surface area (Å²) in [5.41, 5.74) is 0.514. The molecule has 7 heteroatoms. The van der Waals surface area contributed by atoms with E-state index in [0.717, 1.165) is 17.9 Å². The number of nitrogens with one attached hydrogen (secondary N) is 1. The average Bonchev–Trinajstić information content (AvgIpc) is 2.96. The highest BCUT2D eigenvalue weighted by Gasteiger charge is 2.21. The SMILES string of the molecule is O=C(O)CN(C(=O)NCC1CCSC1)c1ccc(Cl)cc1. The Morgan fingerprint density at radius 2 is 2.10 bits per heavy atom. The van der Waals surface area contributed by atoms with Gasteiger partial charge in [-0.25, -0.2) is 4.79 Å². The maximum absolute atomic E-state index is 12.2. The summed E-state index contributed by atoms with van der Waals surface area (Å²) in [4.78, 5) is 24.4. The van der Waals surface area contributed by atoms with Crippen LogP contribution in [-0.2, 0) is 4.79 Å². The lowest BCUT2D eigenvalue weighted by molar-refractivity contribution is -0.135. The van der Waals surface area contributed by atoms with Gasteiger partial charge in [-0.1, -0.05) is 11.6 Å². The number of hydrogen-bond donors (Lipinski definition) is 2. The Balaban J connectivity index is 2.01. The van der Waals surface area contributed by atoms with Crippen molar-refractivity contribution in [1.29, 1.82) is 0 Å². The predicted octanol–water partition coefficient (Wildman–Crippen LogP) is 2.69. The van der Waals surface area contributed by atoms with E-state index in [9.17, 15) is 9.59 Å². The molecule has 2 amide bonds. The van der Waals surface area contributed by atoms with Crippen LogP contribution in [0.1, 0.15) is 6.42 Å². The number of rotatable bonds is 5. The van der Waals surface area contributed by atoms with Crippen LogP contribution < -0.4 is 10.2 Å². The molecule has 5 nitrogen and oxygen atoms in total. The first kappa shape index (κ1) is 16.0. The number of thioether (sulfide) groups is 1. The number of nitrogens with zero attached hydrogens (tertiary/aromatic N) is 1. The number of amides is 2. The molecule has 1 fully saturated rings. The van der Waals surface area contributed by atoms with Crippen LogP contribution in [0.15, 0.2) is 24.3 Å². The van der Waals surface area contributed by atoms with Gasteiger partial charge in [0, 0.05) is 17.3 Å². The summed E-state index contributed by atoms with van der Waals surface area (Å²) in [5.74, 6) is 1.57. The monoisotopic (exact) mass is 328 g/mol. The molecule has 2 rings (SSSR count). The number of halogens is 1. The summed E-state index contributed by atoms with van der Waals surface area (Å²) in [7, 11) is 0. The van der Waals surface area contributed by atoms with Crippen molar-refractivity contribution < 1.29 is 14.7 Å². The van der Waals surface area contributed by atoms with E-state index in [-0.39, 0.29) is 6.54 Å². The summed E-state index contributed by atoms with van der Waals surface area (Å²) >= 11 is 7.69. The molecule has 1 aliphatic heterocycles. The first-order valence-electron chi connectivity index (χ1n) is 6.66. The number of carbonyl (C=O) groups excluding carboxylic acids is 1. The predicted molar refractivity (Wildman–Crippen MR) is 85.3 cm³/mol. The smallest absolute Gasteiger partial charge is 0.323 e. The molecule has 0 bridgehead atoms. The average molecular weight is 329 g/mol. The van der Waals surface area contributed by atoms with Gasteiger partial charge in [-0.05, 0) is 48.1 Å². The Labute approximate surface area is 132 Å². The van der Waals surface area contributed by atoms with E-state index < -0.39 is 12.0 Å². The minimum atomic E-state index is -1.06. The van der Waals surface area contributed by atoms with Gasteiger partial charge in [0.25, 0.3) is 0 Å². The van der Waals surface area contributed by atoms with Crippen LogP contribution in [0.3, 0.4) is 0 Å². The molecule has 0 saturated carbocycles. The maximum atomic E-state index is 12.2. The second-order valence-electron chi connectivity index (χ2n) is 4.87. The van der Waals surface area contributed by atoms with E-state index in [2.05, 4.69) is 5.32 Å². The molecule has 21 heavy (non-hydrogen) atoms. The molecule has 0 aromatic heterocycles. The molecular weight excluding hydrogens is 312 g/mol. The Morgan fingerprint density at radius 1 is 1.38 bits per heavy atom. The van der Waals surface area contributed by atoms with E-state index in [1.165, 1.54) is 4.90 Å². The fourth-order valence-electron chi connectivity index (χ4n) is 2.11. The minimum Gasteiger partial charge on any atom is -0.480 e. The second kappa shape index (κ2) is 7.56. The highest BCUT2D eigenvalue weighted by Crippen LogP contribution is 2.23. The van der Waals surface area contributed by atoms with Gasteiger partial charge in [-0.2, -0.15) is 11.8 Å². The summed E-state index contributed by atoms with van der Waals surface area (Å²) in [6.45, 7) is 0.197. The van der Waals surface area contributed by atoms with E-state index in [1.54, 1.807) is 24.3 Å². The fraction of sp³-hybridized carbons (Fsp3) is 0.429. The van der Waals surface area contributed by atoms with Crippen molar-refractivity contribution in [3.8, 4) is 0 Å². The topological polar surface area (TPSA) is 69.6 Å². The molecule has 1 unspecified atom stereocenters. The molecule has 1 aromatic rings. The molecule has 114 valence electrons. The first-order valence-corrected chi connectivity index (χ1v) is 8.20. The molecule has 1 heterocycles. The third-order valence-corrected chi connectivity index (χ3v) is 4.73. The summed E-state index contributed by atoms with van der Waals surface area (Å²) in [6.07, 6.45) is 1.09. The van der Waals surface area contributed by atoms with Gasteiger partial charge < -0.3 is 10.4 Å². The largest absolute Gasteiger partial charge is 0.480 e. The first-order chi connectivity index (χ1) is 10.1. The number of urea groups is 1. The summed E-state index contributed by atoms with van der Waals surface area (Å²) in [6, 6.07) is 6.14. The van der Waals surface area contributed by atoms with Gasteiger partial charge in [-0.3, -0.25) is 9.69 Å². The van der Waals surface area contributed by atoms with E-state index >= 15 is 0 Å². The Bertz CT molecular complexity index is 503. The lowest BCUT2D eigenvalue weighted by Gasteiger charge is -2.22. The normalized spacial score (nSPS) is 17.5.